The summed E-state index contributed by atoms with van der Waals surface area (Å²) in [7, 11) is 1.33. The van der Waals surface area contributed by atoms with Crippen LogP contribution in [0.2, 0.25) is 0 Å². The number of benzene rings is 3. The molecule has 1 saturated heterocycles. The van der Waals surface area contributed by atoms with Crippen LogP contribution in [0.5, 0.6) is 0 Å². The van der Waals surface area contributed by atoms with Crippen LogP contribution in [0.15, 0.2) is 66.7 Å². The summed E-state index contributed by atoms with van der Waals surface area (Å²) in [5, 5.41) is 12.7. The standard InChI is InChI=1S/C38H42F2N6O8/c1-22(54-38(52)41-2)35(49)44-32(24-14-17-53-18-15-24)37(51)46-21-25-11-12-26(43-30(47)13-16-42-31(48)19-23-7-4-3-5-8-23)20-27(25)34(46)36(50)45-33-28(39)9-6-10-29(33)40/h3-12,20,22,24,32,34H,13-19,21H2,1-2H3,(H,41,52)(H,42,48)(H,43,47)(H,44,49)(H,45,50)/t22?,32?,34-/m0/s1. The molecule has 0 aromatic heterocycles. The summed E-state index contributed by atoms with van der Waals surface area (Å²) in [5.74, 6) is -5.54. The molecule has 0 bridgehead atoms. The number of amides is 6. The highest BCUT2D eigenvalue weighted by molar-refractivity contribution is 6.01. The third kappa shape index (κ3) is 9.95. The van der Waals surface area contributed by atoms with Gasteiger partial charge in [-0.3, -0.25) is 24.0 Å². The molecule has 0 spiro atoms. The lowest BCUT2D eigenvalue weighted by Gasteiger charge is -2.35. The van der Waals surface area contributed by atoms with Crippen LogP contribution in [-0.2, 0) is 46.4 Å². The van der Waals surface area contributed by atoms with Crippen molar-refractivity contribution in [1.82, 2.24) is 20.9 Å². The minimum Gasteiger partial charge on any atom is -0.436 e. The minimum absolute atomic E-state index is 0.0623. The number of alkyl carbamates (subject to hydrolysis) is 1. The smallest absolute Gasteiger partial charge is 0.407 e. The van der Waals surface area contributed by atoms with E-state index in [1.807, 2.05) is 30.3 Å². The molecule has 5 N–H and O–H groups in total. The van der Waals surface area contributed by atoms with Crippen LogP contribution < -0.4 is 26.6 Å². The topological polar surface area (TPSA) is 184 Å². The average molecular weight is 749 g/mol. The Balaban J connectivity index is 1.37. The second-order valence-electron chi connectivity index (χ2n) is 12.9. The van der Waals surface area contributed by atoms with Crippen molar-refractivity contribution >= 4 is 47.0 Å². The van der Waals surface area contributed by atoms with Crippen molar-refractivity contribution in [2.45, 2.75) is 57.3 Å². The Labute approximate surface area is 310 Å². The van der Waals surface area contributed by atoms with Gasteiger partial charge in [-0.2, -0.15) is 0 Å². The fourth-order valence-corrected chi connectivity index (χ4v) is 6.35. The van der Waals surface area contributed by atoms with Crippen LogP contribution in [-0.4, -0.2) is 79.5 Å². The summed E-state index contributed by atoms with van der Waals surface area (Å²) in [6, 6.07) is 14.3. The van der Waals surface area contributed by atoms with Crippen molar-refractivity contribution in [3.63, 3.8) is 0 Å². The third-order valence-electron chi connectivity index (χ3n) is 9.16. The average Bonchev–Trinajstić information content (AvgIpc) is 3.54. The third-order valence-corrected chi connectivity index (χ3v) is 9.16. The first-order valence-corrected chi connectivity index (χ1v) is 17.5. The van der Waals surface area contributed by atoms with Gasteiger partial charge in [0.05, 0.1) is 6.42 Å². The molecule has 5 rings (SSSR count). The maximum absolute atomic E-state index is 14.7. The van der Waals surface area contributed by atoms with E-state index in [2.05, 4.69) is 26.6 Å². The van der Waals surface area contributed by atoms with Gasteiger partial charge in [-0.05, 0) is 66.6 Å². The second kappa shape index (κ2) is 18.2. The van der Waals surface area contributed by atoms with Gasteiger partial charge in [0.25, 0.3) is 11.8 Å². The molecule has 0 radical (unpaired) electrons. The summed E-state index contributed by atoms with van der Waals surface area (Å²) >= 11 is 0. The molecule has 14 nitrogen and oxygen atoms in total. The van der Waals surface area contributed by atoms with Crippen molar-refractivity contribution in [1.29, 1.82) is 0 Å². The van der Waals surface area contributed by atoms with Gasteiger partial charge in [-0.1, -0.05) is 42.5 Å². The second-order valence-corrected chi connectivity index (χ2v) is 12.9. The van der Waals surface area contributed by atoms with Gasteiger partial charge in [0.15, 0.2) is 6.10 Å². The molecule has 2 unspecified atom stereocenters. The van der Waals surface area contributed by atoms with Crippen molar-refractivity contribution in [2.24, 2.45) is 5.92 Å². The lowest BCUT2D eigenvalue weighted by molar-refractivity contribution is -0.145. The number of hydrogen-bond donors (Lipinski definition) is 5. The molecule has 0 saturated carbocycles. The molecule has 16 heteroatoms. The Morgan fingerprint density at radius 2 is 1.61 bits per heavy atom. The number of ether oxygens (including phenoxy) is 2. The highest BCUT2D eigenvalue weighted by Gasteiger charge is 2.44. The maximum Gasteiger partial charge on any atom is 0.407 e. The lowest BCUT2D eigenvalue weighted by atomic mass is 9.90. The number of anilines is 2. The molecule has 0 aliphatic carbocycles. The Morgan fingerprint density at radius 3 is 2.30 bits per heavy atom. The zero-order valence-electron chi connectivity index (χ0n) is 29.8. The van der Waals surface area contributed by atoms with Gasteiger partial charge in [0.2, 0.25) is 17.7 Å². The molecule has 3 aromatic rings. The van der Waals surface area contributed by atoms with Gasteiger partial charge in [-0.15, -0.1) is 0 Å². The van der Waals surface area contributed by atoms with E-state index in [9.17, 15) is 37.5 Å². The number of nitrogens with one attached hydrogen (secondary N) is 5. The van der Waals surface area contributed by atoms with Crippen LogP contribution >= 0.6 is 0 Å². The van der Waals surface area contributed by atoms with E-state index >= 15 is 0 Å². The van der Waals surface area contributed by atoms with Crippen LogP contribution in [0, 0.1) is 17.6 Å². The first-order chi connectivity index (χ1) is 25.9. The summed E-state index contributed by atoms with van der Waals surface area (Å²) < 4.78 is 40.0. The van der Waals surface area contributed by atoms with Gasteiger partial charge >= 0.3 is 6.09 Å². The van der Waals surface area contributed by atoms with E-state index in [0.717, 1.165) is 23.8 Å². The van der Waals surface area contributed by atoms with E-state index in [4.69, 9.17) is 9.47 Å². The van der Waals surface area contributed by atoms with E-state index in [1.165, 1.54) is 24.9 Å². The number of rotatable bonds is 13. The van der Waals surface area contributed by atoms with Gasteiger partial charge in [0, 0.05) is 45.5 Å². The van der Waals surface area contributed by atoms with Crippen molar-refractivity contribution in [3.8, 4) is 0 Å². The molecule has 6 amide bonds. The Bertz CT molecular complexity index is 1850. The quantitative estimate of drug-likeness (QED) is 0.176. The molecule has 286 valence electrons. The molecule has 3 aromatic carbocycles. The first-order valence-electron chi connectivity index (χ1n) is 17.5. The van der Waals surface area contributed by atoms with Crippen LogP contribution in [0.3, 0.4) is 0 Å². The zero-order valence-corrected chi connectivity index (χ0v) is 29.8. The van der Waals surface area contributed by atoms with Crippen molar-refractivity contribution in [2.75, 3.05) is 37.4 Å². The van der Waals surface area contributed by atoms with Crippen molar-refractivity contribution in [3.05, 3.63) is 95.1 Å². The van der Waals surface area contributed by atoms with Gasteiger partial charge < -0.3 is 41.0 Å². The SMILES string of the molecule is CNC(=O)OC(C)C(=O)NC(C(=O)N1Cc2ccc(NC(=O)CCNC(=O)Cc3ccccc3)cc2[C@H]1C(=O)Nc1c(F)cccc1F)C1CCOCC1. The summed E-state index contributed by atoms with van der Waals surface area (Å²) in [4.78, 5) is 80.0. The molecular formula is C38H42F2N6O8. The lowest BCUT2D eigenvalue weighted by Crippen LogP contribution is -2.55. The summed E-state index contributed by atoms with van der Waals surface area (Å²) in [5.41, 5.74) is 1.18. The van der Waals surface area contributed by atoms with Crippen LogP contribution in [0.4, 0.5) is 25.0 Å². The van der Waals surface area contributed by atoms with Crippen LogP contribution in [0.1, 0.15) is 48.9 Å². The number of para-hydroxylation sites is 1. The van der Waals surface area contributed by atoms with Gasteiger partial charge in [0.1, 0.15) is 29.4 Å². The van der Waals surface area contributed by atoms with Crippen molar-refractivity contribution < 1.29 is 47.0 Å². The fourth-order valence-electron chi connectivity index (χ4n) is 6.35. The predicted molar refractivity (Wildman–Crippen MR) is 192 cm³/mol. The zero-order chi connectivity index (χ0) is 38.8. The van der Waals surface area contributed by atoms with E-state index in [0.29, 0.717) is 31.6 Å². The number of nitrogens with zero attached hydrogens (tertiary/aromatic N) is 1. The van der Waals surface area contributed by atoms with Crippen LogP contribution in [0.25, 0.3) is 0 Å². The Hall–Kier alpha value is -5.90. The molecule has 2 aliphatic heterocycles. The maximum atomic E-state index is 14.7. The van der Waals surface area contributed by atoms with E-state index < -0.39 is 71.1 Å². The normalized spacial score (nSPS) is 16.3. The number of carbonyl (C=O) groups is 6. The molecular weight excluding hydrogens is 706 g/mol. The predicted octanol–water partition coefficient (Wildman–Crippen LogP) is 3.33. The number of halogens is 2. The molecule has 54 heavy (non-hydrogen) atoms. The first kappa shape index (κ1) is 39.3. The molecule has 2 aliphatic rings. The van der Waals surface area contributed by atoms with E-state index in [-0.39, 0.29) is 43.1 Å². The molecule has 3 atom stereocenters. The molecule has 1 fully saturated rings. The Kier molecular flexibility index (Phi) is 13.3. The van der Waals surface area contributed by atoms with Gasteiger partial charge in [-0.25, -0.2) is 13.6 Å². The highest BCUT2D eigenvalue weighted by atomic mass is 19.1. The Morgan fingerprint density at radius 1 is 0.907 bits per heavy atom. The minimum atomic E-state index is -1.44. The largest absolute Gasteiger partial charge is 0.436 e. The van der Waals surface area contributed by atoms with E-state index in [1.54, 1.807) is 12.1 Å². The number of hydrogen-bond acceptors (Lipinski definition) is 8. The molecule has 2 heterocycles. The fraction of sp³-hybridized carbons (Fsp3) is 0.368. The summed E-state index contributed by atoms with van der Waals surface area (Å²) in [6.45, 7) is 1.91. The summed E-state index contributed by atoms with van der Waals surface area (Å²) in [6.07, 6.45) is -1.25. The highest BCUT2D eigenvalue weighted by Crippen LogP contribution is 2.38. The monoisotopic (exact) mass is 748 g/mol. The number of fused-ring (bicyclic) bond motifs is 1. The number of carbonyl (C=O) groups excluding carboxylic acids is 6.